The van der Waals surface area contributed by atoms with Gasteiger partial charge in [-0.25, -0.2) is 0 Å². The molecule has 2 unspecified atom stereocenters. The predicted molar refractivity (Wildman–Crippen MR) is 56.7 cm³/mol. The average molecular weight is 254 g/mol. The molecule has 2 aliphatic rings. The summed E-state index contributed by atoms with van der Waals surface area (Å²) in [6, 6.07) is 3.84. The molecule has 0 amide bonds. The molecule has 1 heterocycles. The molecule has 3 rings (SSSR count). The van der Waals surface area contributed by atoms with Crippen LogP contribution in [-0.2, 0) is 5.60 Å². The highest BCUT2D eigenvalue weighted by molar-refractivity contribution is 9.10. The molecule has 0 aliphatic heterocycles. The molecule has 3 heteroatoms. The topological polar surface area (TPSA) is 33.1 Å². The molecular formula is C11H12BrNO. The Morgan fingerprint density at radius 3 is 2.79 bits per heavy atom. The van der Waals surface area contributed by atoms with Crippen LogP contribution < -0.4 is 0 Å². The molecule has 2 fully saturated rings. The number of halogens is 1. The Morgan fingerprint density at radius 2 is 2.14 bits per heavy atom. The minimum Gasteiger partial charge on any atom is -0.383 e. The fourth-order valence-corrected chi connectivity index (χ4v) is 3.53. The van der Waals surface area contributed by atoms with Crippen LogP contribution in [0.4, 0.5) is 0 Å². The lowest BCUT2D eigenvalue weighted by Crippen LogP contribution is -2.15. The lowest BCUT2D eigenvalue weighted by molar-refractivity contribution is 0.0999. The molecule has 0 saturated heterocycles. The van der Waals surface area contributed by atoms with Crippen molar-refractivity contribution in [1.29, 1.82) is 0 Å². The molecular weight excluding hydrogens is 242 g/mol. The number of aliphatic hydroxyl groups is 1. The predicted octanol–water partition coefficient (Wildman–Crippen LogP) is 2.46. The highest BCUT2D eigenvalue weighted by atomic mass is 79.9. The van der Waals surface area contributed by atoms with E-state index in [9.17, 15) is 5.11 Å². The first-order valence-electron chi connectivity index (χ1n) is 5.08. The maximum atomic E-state index is 10.5. The Hall–Kier alpha value is -0.410. The van der Waals surface area contributed by atoms with Gasteiger partial charge in [-0.15, -0.1) is 0 Å². The van der Waals surface area contributed by atoms with E-state index in [2.05, 4.69) is 20.9 Å². The normalized spacial score (nSPS) is 39.6. The second-order valence-corrected chi connectivity index (χ2v) is 5.16. The molecule has 1 aromatic heterocycles. The molecule has 1 aromatic rings. The van der Waals surface area contributed by atoms with Gasteiger partial charge in [0.1, 0.15) is 5.60 Å². The number of rotatable bonds is 1. The Morgan fingerprint density at radius 1 is 1.43 bits per heavy atom. The largest absolute Gasteiger partial charge is 0.383 e. The van der Waals surface area contributed by atoms with Crippen molar-refractivity contribution in [2.24, 2.45) is 11.8 Å². The summed E-state index contributed by atoms with van der Waals surface area (Å²) in [7, 11) is 0. The summed E-state index contributed by atoms with van der Waals surface area (Å²) in [5.74, 6) is 0.933. The second-order valence-electron chi connectivity index (χ2n) is 4.30. The summed E-state index contributed by atoms with van der Waals surface area (Å²) in [5, 5.41) is 10.5. The number of pyridine rings is 1. The molecule has 0 spiro atoms. The highest BCUT2D eigenvalue weighted by Crippen LogP contribution is 2.66. The van der Waals surface area contributed by atoms with E-state index < -0.39 is 5.60 Å². The van der Waals surface area contributed by atoms with Crippen molar-refractivity contribution in [1.82, 2.24) is 4.98 Å². The third-order valence-electron chi connectivity index (χ3n) is 3.68. The molecule has 2 nitrogen and oxygen atoms in total. The molecule has 1 N–H and O–H groups in total. The maximum Gasteiger partial charge on any atom is 0.114 e. The Kier molecular flexibility index (Phi) is 1.77. The van der Waals surface area contributed by atoms with E-state index in [1.807, 2.05) is 12.1 Å². The van der Waals surface area contributed by atoms with Crippen LogP contribution in [0.2, 0.25) is 0 Å². The molecule has 74 valence electrons. The average Bonchev–Trinajstić information content (AvgIpc) is 2.63. The smallest absolute Gasteiger partial charge is 0.114 e. The van der Waals surface area contributed by atoms with Crippen LogP contribution >= 0.6 is 15.9 Å². The standard InChI is InChI=1S/C11H12BrNO/c12-9-5-2-6-13-10(9)11(14)7-3-1-4-8(7)11/h2,5-8,14H,1,3-4H2. The van der Waals surface area contributed by atoms with Gasteiger partial charge in [-0.2, -0.15) is 0 Å². The third kappa shape index (κ3) is 0.971. The van der Waals surface area contributed by atoms with E-state index in [-0.39, 0.29) is 0 Å². The number of fused-ring (bicyclic) bond motifs is 1. The molecule has 0 aromatic carbocycles. The molecule has 0 bridgehead atoms. The van der Waals surface area contributed by atoms with Gasteiger partial charge in [0, 0.05) is 10.7 Å². The summed E-state index contributed by atoms with van der Waals surface area (Å²) in [5.41, 5.74) is 0.230. The zero-order valence-electron chi connectivity index (χ0n) is 7.78. The second kappa shape index (κ2) is 2.80. The first-order chi connectivity index (χ1) is 6.74. The number of aromatic nitrogens is 1. The SMILES string of the molecule is OC1(c2ncccc2Br)C2CCCC21. The van der Waals surface area contributed by atoms with Crippen LogP contribution in [-0.4, -0.2) is 10.1 Å². The van der Waals surface area contributed by atoms with E-state index in [4.69, 9.17) is 0 Å². The number of nitrogens with zero attached hydrogens (tertiary/aromatic N) is 1. The highest BCUT2D eigenvalue weighted by Gasteiger charge is 2.67. The van der Waals surface area contributed by atoms with Crippen molar-refractivity contribution in [3.05, 3.63) is 28.5 Å². The van der Waals surface area contributed by atoms with Crippen molar-refractivity contribution >= 4 is 15.9 Å². The molecule has 0 radical (unpaired) electrons. The summed E-state index contributed by atoms with van der Waals surface area (Å²) < 4.78 is 0.942. The number of hydrogen-bond acceptors (Lipinski definition) is 2. The van der Waals surface area contributed by atoms with Crippen LogP contribution in [0.25, 0.3) is 0 Å². The Balaban J connectivity index is 2.01. The van der Waals surface area contributed by atoms with E-state index in [0.717, 1.165) is 23.0 Å². The van der Waals surface area contributed by atoms with Crippen LogP contribution in [0, 0.1) is 11.8 Å². The van der Waals surface area contributed by atoms with Crippen LogP contribution in [0.15, 0.2) is 22.8 Å². The quantitative estimate of drug-likeness (QED) is 0.835. The van der Waals surface area contributed by atoms with Crippen LogP contribution in [0.1, 0.15) is 25.0 Å². The zero-order chi connectivity index (χ0) is 9.76. The number of hydrogen-bond donors (Lipinski definition) is 1. The monoisotopic (exact) mass is 253 g/mol. The first kappa shape index (κ1) is 8.86. The third-order valence-corrected chi connectivity index (χ3v) is 4.32. The molecule has 14 heavy (non-hydrogen) atoms. The van der Waals surface area contributed by atoms with Crippen molar-refractivity contribution < 1.29 is 5.11 Å². The van der Waals surface area contributed by atoms with Gasteiger partial charge in [0.05, 0.1) is 5.69 Å². The van der Waals surface area contributed by atoms with E-state index in [0.29, 0.717) is 11.8 Å². The van der Waals surface area contributed by atoms with E-state index >= 15 is 0 Å². The summed E-state index contributed by atoms with van der Waals surface area (Å²) in [6.07, 6.45) is 5.34. The minimum atomic E-state index is -0.613. The van der Waals surface area contributed by atoms with Gasteiger partial charge >= 0.3 is 0 Å². The Bertz CT molecular complexity index is 369. The van der Waals surface area contributed by atoms with Crippen molar-refractivity contribution in [2.45, 2.75) is 24.9 Å². The zero-order valence-corrected chi connectivity index (χ0v) is 9.37. The van der Waals surface area contributed by atoms with Gasteiger partial charge in [0.25, 0.3) is 0 Å². The maximum absolute atomic E-state index is 10.5. The molecule has 2 atom stereocenters. The minimum absolute atomic E-state index is 0.466. The van der Waals surface area contributed by atoms with Gasteiger partial charge in [-0.1, -0.05) is 6.42 Å². The Labute approximate surface area is 91.5 Å². The van der Waals surface area contributed by atoms with Gasteiger partial charge in [0.15, 0.2) is 0 Å². The summed E-state index contributed by atoms with van der Waals surface area (Å²) in [4.78, 5) is 4.30. The van der Waals surface area contributed by atoms with Crippen LogP contribution in [0.5, 0.6) is 0 Å². The van der Waals surface area contributed by atoms with Crippen LogP contribution in [0.3, 0.4) is 0 Å². The lowest BCUT2D eigenvalue weighted by Gasteiger charge is -2.14. The molecule has 2 aliphatic carbocycles. The lowest BCUT2D eigenvalue weighted by atomic mass is 10.0. The summed E-state index contributed by atoms with van der Waals surface area (Å²) in [6.45, 7) is 0. The van der Waals surface area contributed by atoms with Crippen molar-refractivity contribution in [2.75, 3.05) is 0 Å². The van der Waals surface area contributed by atoms with Gasteiger partial charge < -0.3 is 5.11 Å². The van der Waals surface area contributed by atoms with E-state index in [1.165, 1.54) is 6.42 Å². The molecule has 2 saturated carbocycles. The summed E-state index contributed by atoms with van der Waals surface area (Å²) >= 11 is 3.46. The fourth-order valence-electron chi connectivity index (χ4n) is 2.95. The first-order valence-corrected chi connectivity index (χ1v) is 5.87. The fraction of sp³-hybridized carbons (Fsp3) is 0.545. The van der Waals surface area contributed by atoms with Crippen molar-refractivity contribution in [3.8, 4) is 0 Å². The van der Waals surface area contributed by atoms with Gasteiger partial charge in [-0.05, 0) is 52.7 Å². The van der Waals surface area contributed by atoms with Gasteiger partial charge in [0.2, 0.25) is 0 Å². The van der Waals surface area contributed by atoms with Crippen molar-refractivity contribution in [3.63, 3.8) is 0 Å². The van der Waals surface area contributed by atoms with Gasteiger partial charge in [-0.3, -0.25) is 4.98 Å². The van der Waals surface area contributed by atoms with E-state index in [1.54, 1.807) is 6.20 Å².